The van der Waals surface area contributed by atoms with Crippen LogP contribution in [0.15, 0.2) is 41.8 Å². The van der Waals surface area contributed by atoms with Gasteiger partial charge in [0.05, 0.1) is 23.1 Å². The molecule has 8 nitrogen and oxygen atoms in total. The number of benzene rings is 2. The molecule has 2 atom stereocenters. The number of ether oxygens (including phenoxy) is 1. The topological polar surface area (TPSA) is 100 Å². The lowest BCUT2D eigenvalue weighted by atomic mass is 9.62. The number of fused-ring (bicyclic) bond motifs is 2. The summed E-state index contributed by atoms with van der Waals surface area (Å²) in [5.74, 6) is 0.829. The van der Waals surface area contributed by atoms with Crippen LogP contribution in [0.25, 0.3) is 11.3 Å². The number of aryl methyl sites for hydroxylation is 2. The first-order valence-corrected chi connectivity index (χ1v) is 16.5. The first-order chi connectivity index (χ1) is 19.1. The molecule has 4 aliphatic rings. The molecule has 1 aliphatic carbocycles. The van der Waals surface area contributed by atoms with Crippen LogP contribution in [0.2, 0.25) is 0 Å². The number of aliphatic carboxylic acids is 1. The number of rotatable bonds is 8. The molecule has 3 aromatic rings. The van der Waals surface area contributed by atoms with Gasteiger partial charge in [-0.15, -0.1) is 11.3 Å². The van der Waals surface area contributed by atoms with Gasteiger partial charge >= 0.3 is 5.97 Å². The van der Waals surface area contributed by atoms with Crippen molar-refractivity contribution in [2.24, 2.45) is 17.8 Å². The molecule has 4 fully saturated rings. The third-order valence-corrected chi connectivity index (χ3v) is 11.1. The molecule has 2 unspecified atom stereocenters. The molecule has 1 aromatic heterocycles. The van der Waals surface area contributed by atoms with Gasteiger partial charge in [-0.1, -0.05) is 29.8 Å². The zero-order valence-corrected chi connectivity index (χ0v) is 24.5. The van der Waals surface area contributed by atoms with E-state index < -0.39 is 15.8 Å². The highest BCUT2D eigenvalue weighted by atomic mass is 32.2. The molecule has 40 heavy (non-hydrogen) atoms. The average Bonchev–Trinajstić information content (AvgIpc) is 3.40. The van der Waals surface area contributed by atoms with Gasteiger partial charge in [0.1, 0.15) is 12.4 Å². The predicted molar refractivity (Wildman–Crippen MR) is 157 cm³/mol. The fourth-order valence-electron chi connectivity index (χ4n) is 6.29. The van der Waals surface area contributed by atoms with E-state index in [9.17, 15) is 18.3 Å². The van der Waals surface area contributed by atoms with Crippen molar-refractivity contribution < 1.29 is 23.1 Å². The van der Waals surface area contributed by atoms with E-state index in [1.807, 2.05) is 12.1 Å². The molecule has 0 radical (unpaired) electrons. The number of piperidine rings is 2. The normalized spacial score (nSPS) is 23.9. The molecule has 7 rings (SSSR count). The van der Waals surface area contributed by atoms with E-state index >= 15 is 0 Å². The van der Waals surface area contributed by atoms with Gasteiger partial charge in [0, 0.05) is 43.7 Å². The summed E-state index contributed by atoms with van der Waals surface area (Å²) in [6.45, 7) is 8.02. The number of anilines is 1. The standard InChI is InChI=1S/C30H35N3O5S2/c1-19-3-6-27(38-17-22-5-4-21(12-20(22)2)14-32-7-9-40(36,37)10-8-32)25(11-19)26-18-39-30(31-26)33-15-23-13-24(16-33)28(23)29(34)35/h3-6,11-12,18,23-24,28H,7-10,13-17H2,1-2H3,(H,34,35). The Bertz CT molecular complexity index is 1510. The number of aromatic nitrogens is 1. The minimum absolute atomic E-state index is 0.200. The number of sulfone groups is 1. The lowest BCUT2D eigenvalue weighted by Crippen LogP contribution is -2.57. The minimum atomic E-state index is -2.88. The van der Waals surface area contributed by atoms with Crippen molar-refractivity contribution in [2.75, 3.05) is 42.6 Å². The summed E-state index contributed by atoms with van der Waals surface area (Å²) >= 11 is 1.60. The van der Waals surface area contributed by atoms with Crippen LogP contribution in [-0.2, 0) is 27.8 Å². The smallest absolute Gasteiger partial charge is 0.307 e. The molecule has 2 aromatic carbocycles. The average molecular weight is 582 g/mol. The van der Waals surface area contributed by atoms with Crippen molar-refractivity contribution in [1.82, 2.24) is 9.88 Å². The number of hydrogen-bond acceptors (Lipinski definition) is 8. The summed E-state index contributed by atoms with van der Waals surface area (Å²) in [5, 5.41) is 12.5. The van der Waals surface area contributed by atoms with Crippen molar-refractivity contribution in [3.05, 3.63) is 64.0 Å². The second kappa shape index (κ2) is 10.8. The number of thiazole rings is 1. The summed E-state index contributed by atoms with van der Waals surface area (Å²) in [4.78, 5) is 20.9. The highest BCUT2D eigenvalue weighted by molar-refractivity contribution is 7.91. The maximum absolute atomic E-state index is 11.7. The van der Waals surface area contributed by atoms with Gasteiger partial charge in [0.25, 0.3) is 0 Å². The highest BCUT2D eigenvalue weighted by Gasteiger charge is 2.51. The van der Waals surface area contributed by atoms with Crippen LogP contribution in [0, 0.1) is 31.6 Å². The third kappa shape index (κ3) is 5.62. The molecule has 3 saturated heterocycles. The number of carboxylic acids is 1. The number of hydrogen-bond donors (Lipinski definition) is 1. The minimum Gasteiger partial charge on any atom is -0.488 e. The maximum Gasteiger partial charge on any atom is 0.307 e. The van der Waals surface area contributed by atoms with E-state index in [-0.39, 0.29) is 29.3 Å². The highest BCUT2D eigenvalue weighted by Crippen LogP contribution is 2.47. The van der Waals surface area contributed by atoms with Crippen LogP contribution >= 0.6 is 11.3 Å². The van der Waals surface area contributed by atoms with Crippen LogP contribution in [-0.4, -0.2) is 67.1 Å². The monoisotopic (exact) mass is 581 g/mol. The predicted octanol–water partition coefficient (Wildman–Crippen LogP) is 4.39. The second-order valence-corrected chi connectivity index (χ2v) is 14.7. The Labute approximate surface area is 239 Å². The number of carboxylic acid groups (broad SMARTS) is 1. The fraction of sp³-hybridized carbons (Fsp3) is 0.467. The maximum atomic E-state index is 11.7. The lowest BCUT2D eigenvalue weighted by Gasteiger charge is -2.51. The first-order valence-electron chi connectivity index (χ1n) is 13.8. The van der Waals surface area contributed by atoms with Crippen molar-refractivity contribution in [3.63, 3.8) is 0 Å². The summed E-state index contributed by atoms with van der Waals surface area (Å²) in [6, 6.07) is 12.5. The van der Waals surface area contributed by atoms with E-state index in [0.29, 0.717) is 19.7 Å². The van der Waals surface area contributed by atoms with Gasteiger partial charge in [-0.25, -0.2) is 13.4 Å². The van der Waals surface area contributed by atoms with E-state index in [1.165, 1.54) is 5.56 Å². The van der Waals surface area contributed by atoms with Gasteiger partial charge in [-0.2, -0.15) is 0 Å². The molecule has 10 heteroatoms. The van der Waals surface area contributed by atoms with Crippen LogP contribution in [0.3, 0.4) is 0 Å². The third-order valence-electron chi connectivity index (χ3n) is 8.62. The Kier molecular flexibility index (Phi) is 7.35. The van der Waals surface area contributed by atoms with Crippen LogP contribution in [0.4, 0.5) is 5.13 Å². The van der Waals surface area contributed by atoms with E-state index in [0.717, 1.165) is 64.9 Å². The lowest BCUT2D eigenvalue weighted by molar-refractivity contribution is -0.153. The first kappa shape index (κ1) is 27.2. The number of nitrogens with zero attached hydrogens (tertiary/aromatic N) is 3. The molecule has 1 N–H and O–H groups in total. The fourth-order valence-corrected chi connectivity index (χ4v) is 8.41. The summed E-state index contributed by atoms with van der Waals surface area (Å²) in [5.41, 5.74) is 6.40. The van der Waals surface area contributed by atoms with Gasteiger partial charge in [0.15, 0.2) is 15.0 Å². The van der Waals surface area contributed by atoms with E-state index in [2.05, 4.69) is 53.3 Å². The van der Waals surface area contributed by atoms with Crippen molar-refractivity contribution in [1.29, 1.82) is 0 Å². The van der Waals surface area contributed by atoms with E-state index in [1.54, 1.807) is 11.3 Å². The van der Waals surface area contributed by atoms with Crippen molar-refractivity contribution in [3.8, 4) is 17.0 Å². The molecule has 0 amide bonds. The molecule has 1 saturated carbocycles. The van der Waals surface area contributed by atoms with Crippen LogP contribution in [0.5, 0.6) is 5.75 Å². The summed E-state index contributed by atoms with van der Waals surface area (Å²) in [7, 11) is -2.88. The Morgan fingerprint density at radius 2 is 1.85 bits per heavy atom. The molecule has 3 aliphatic heterocycles. The molecule has 0 spiro atoms. The quantitative estimate of drug-likeness (QED) is 0.418. The Morgan fingerprint density at radius 1 is 1.10 bits per heavy atom. The Balaban J connectivity index is 1.12. The van der Waals surface area contributed by atoms with E-state index in [4.69, 9.17) is 9.72 Å². The van der Waals surface area contributed by atoms with Crippen LogP contribution < -0.4 is 9.64 Å². The molecular weight excluding hydrogens is 546 g/mol. The zero-order valence-electron chi connectivity index (χ0n) is 22.9. The SMILES string of the molecule is Cc1ccc(OCc2ccc(CN3CCS(=O)(=O)CC3)cc2C)c(-c2csc(N3CC4CC(C3)C4C(=O)O)n2)c1. The summed E-state index contributed by atoms with van der Waals surface area (Å²) < 4.78 is 29.8. The van der Waals surface area contributed by atoms with Gasteiger partial charge < -0.3 is 14.7 Å². The Hall–Kier alpha value is -2.95. The van der Waals surface area contributed by atoms with Crippen LogP contribution in [0.1, 0.15) is 28.7 Å². The largest absolute Gasteiger partial charge is 0.488 e. The molecule has 212 valence electrons. The second-order valence-electron chi connectivity index (χ2n) is 11.5. The van der Waals surface area contributed by atoms with Crippen molar-refractivity contribution >= 4 is 32.3 Å². The molecular formula is C30H35N3O5S2. The molecule has 4 heterocycles. The summed E-state index contributed by atoms with van der Waals surface area (Å²) in [6.07, 6.45) is 1.00. The molecule has 2 bridgehead atoms. The van der Waals surface area contributed by atoms with Gasteiger partial charge in [-0.05, 0) is 60.9 Å². The van der Waals surface area contributed by atoms with Gasteiger partial charge in [0.2, 0.25) is 0 Å². The van der Waals surface area contributed by atoms with Crippen molar-refractivity contribution in [2.45, 2.75) is 33.4 Å². The zero-order chi connectivity index (χ0) is 28.0. The number of carbonyl (C=O) groups is 1. The van der Waals surface area contributed by atoms with Gasteiger partial charge in [-0.3, -0.25) is 9.69 Å². The Morgan fingerprint density at radius 3 is 2.55 bits per heavy atom.